The Morgan fingerprint density at radius 2 is 1.03 bits per heavy atom. The summed E-state index contributed by atoms with van der Waals surface area (Å²) in [7, 11) is 0. The summed E-state index contributed by atoms with van der Waals surface area (Å²) in [6, 6.07) is 16.9. The molecule has 0 bridgehead atoms. The molecule has 2 atom stereocenters. The molecule has 32 heavy (non-hydrogen) atoms. The molecule has 0 aromatic heterocycles. The van der Waals surface area contributed by atoms with Gasteiger partial charge in [0.15, 0.2) is 0 Å². The standard InChI is InChI=1S/2C13H9.C2H6Si.2ClH.Ti/c2*1-3-7-12-10(5-1)9-11-6-2-4-8-13(11)12;1-3-2;;;/h2*1-8,12H;1-2H3;2*1H;/q2*-1;;;;+2/p-2. The molecule has 0 amide bonds. The van der Waals surface area contributed by atoms with Crippen LogP contribution in [0.4, 0.5) is 0 Å². The van der Waals surface area contributed by atoms with Crippen LogP contribution in [0, 0.1) is 12.2 Å². The zero-order valence-corrected chi connectivity index (χ0v) is 22.2. The van der Waals surface area contributed by atoms with Crippen molar-refractivity contribution in [3.8, 4) is 0 Å². The van der Waals surface area contributed by atoms with Gasteiger partial charge in [0.1, 0.15) is 0 Å². The molecule has 4 aliphatic rings. The third-order valence-electron chi connectivity index (χ3n) is 5.20. The maximum absolute atomic E-state index is 3.42. The molecule has 0 spiro atoms. The van der Waals surface area contributed by atoms with E-state index in [4.69, 9.17) is 0 Å². The summed E-state index contributed by atoms with van der Waals surface area (Å²) in [6.45, 7) is 4.54. The van der Waals surface area contributed by atoms with Gasteiger partial charge in [-0.15, -0.1) is 106 Å². The first-order valence-electron chi connectivity index (χ1n) is 10.3. The van der Waals surface area contributed by atoms with E-state index < -0.39 is 0 Å². The number of hydrogen-bond donors (Lipinski definition) is 0. The summed E-state index contributed by atoms with van der Waals surface area (Å²) in [5.41, 5.74) is 7.86. The van der Waals surface area contributed by atoms with Gasteiger partial charge < -0.3 is 24.8 Å². The summed E-state index contributed by atoms with van der Waals surface area (Å²) in [4.78, 5) is 0. The quantitative estimate of drug-likeness (QED) is 0.365. The third-order valence-corrected chi connectivity index (χ3v) is 5.20. The van der Waals surface area contributed by atoms with Crippen LogP contribution in [0.25, 0.3) is 0 Å². The summed E-state index contributed by atoms with van der Waals surface area (Å²) in [5, 5.41) is 0. The Bertz CT molecular complexity index is 1060. The number of rotatable bonds is 0. The number of hydrogen-bond acceptors (Lipinski definition) is 0. The van der Waals surface area contributed by atoms with Gasteiger partial charge >= 0.3 is 38.5 Å². The van der Waals surface area contributed by atoms with Crippen LogP contribution in [0.15, 0.2) is 108 Å². The molecule has 0 radical (unpaired) electrons. The Morgan fingerprint density at radius 1 is 0.656 bits per heavy atom. The van der Waals surface area contributed by atoms with Crippen molar-refractivity contribution in [1.29, 1.82) is 0 Å². The Kier molecular flexibility index (Phi) is 10.5. The maximum atomic E-state index is 3.42. The minimum absolute atomic E-state index is 0. The van der Waals surface area contributed by atoms with E-state index in [1.807, 2.05) is 0 Å². The fraction of sp³-hybridized carbons (Fsp3) is 0.143. The largest absolute Gasteiger partial charge is 1.00 e. The van der Waals surface area contributed by atoms with E-state index in [2.05, 4.69) is 142 Å². The topological polar surface area (TPSA) is 0 Å². The average Bonchev–Trinajstić information content (AvgIpc) is 3.32. The van der Waals surface area contributed by atoms with Crippen molar-refractivity contribution in [2.75, 3.05) is 0 Å². The molecule has 0 nitrogen and oxygen atoms in total. The first kappa shape index (κ1) is 26.6. The van der Waals surface area contributed by atoms with E-state index in [-0.39, 0.29) is 31.0 Å². The van der Waals surface area contributed by atoms with Gasteiger partial charge in [0.25, 0.3) is 0 Å². The van der Waals surface area contributed by atoms with E-state index in [0.717, 1.165) is 0 Å². The van der Waals surface area contributed by atoms with Crippen LogP contribution < -0.4 is 24.8 Å². The molecule has 4 heteroatoms. The van der Waals surface area contributed by atoms with E-state index in [0.29, 0.717) is 11.8 Å². The van der Waals surface area contributed by atoms with Crippen molar-refractivity contribution in [3.05, 3.63) is 143 Å². The molecule has 0 heterocycles. The van der Waals surface area contributed by atoms with Crippen molar-refractivity contribution < 1.29 is 44.0 Å². The molecule has 2 aromatic carbocycles. The molecule has 0 aliphatic heterocycles. The second-order valence-corrected chi connectivity index (χ2v) is 14.5. The Balaban J connectivity index is 0.000000185. The fourth-order valence-corrected chi connectivity index (χ4v) is 3.94. The summed E-state index contributed by atoms with van der Waals surface area (Å²) in [6.07, 6.45) is 24.1. The Hall–Kier alpha value is -1.61. The van der Waals surface area contributed by atoms with Crippen molar-refractivity contribution in [3.63, 3.8) is 0 Å². The second kappa shape index (κ2) is 12.6. The molecular formula is C28H24Cl2SiTi-2. The van der Waals surface area contributed by atoms with Gasteiger partial charge in [-0.2, -0.15) is 0 Å². The number of benzene rings is 2. The number of halogens is 2. The molecule has 2 unspecified atom stereocenters. The fourth-order valence-electron chi connectivity index (χ4n) is 3.94. The van der Waals surface area contributed by atoms with E-state index >= 15 is 0 Å². The molecule has 0 fully saturated rings. The van der Waals surface area contributed by atoms with E-state index in [9.17, 15) is 0 Å². The zero-order chi connectivity index (χ0) is 20.9. The van der Waals surface area contributed by atoms with Gasteiger partial charge in [-0.1, -0.05) is 36.4 Å². The average molecular weight is 507 g/mol. The molecule has 2 aromatic rings. The Labute approximate surface area is 216 Å². The smallest absolute Gasteiger partial charge is 0.0235 e. The van der Waals surface area contributed by atoms with Crippen molar-refractivity contribution in [2.24, 2.45) is 0 Å². The number of allylic oxidation sites excluding steroid dienone is 10. The minimum Gasteiger partial charge on any atom is -1.00 e. The second-order valence-electron chi connectivity index (χ2n) is 7.78. The summed E-state index contributed by atoms with van der Waals surface area (Å²) >= 11 is 2.27. The van der Waals surface area contributed by atoms with E-state index in [1.54, 1.807) is 0 Å². The van der Waals surface area contributed by atoms with Crippen LogP contribution in [-0.2, 0) is 19.2 Å². The van der Waals surface area contributed by atoms with Crippen LogP contribution >= 0.6 is 0 Å². The third kappa shape index (κ3) is 6.25. The van der Waals surface area contributed by atoms with Crippen molar-refractivity contribution in [1.82, 2.24) is 0 Å². The minimum atomic E-state index is 0. The Morgan fingerprint density at radius 3 is 1.44 bits per heavy atom. The first-order chi connectivity index (χ1) is 14.6. The molecule has 6 rings (SSSR count). The molecule has 0 saturated carbocycles. The van der Waals surface area contributed by atoms with E-state index in [1.165, 1.54) is 33.4 Å². The SMILES string of the molecule is C[Si](C)=[Ti+2].[C-]1=C2C=CC=CC2c2ccccc21.[C-]1=C2C=CC=CC2c2ccccc21.[Cl-].[Cl-]. The van der Waals surface area contributed by atoms with Crippen LogP contribution in [0.2, 0.25) is 13.1 Å². The molecule has 4 aliphatic carbocycles. The van der Waals surface area contributed by atoms with Gasteiger partial charge in [0.05, 0.1) is 0 Å². The van der Waals surface area contributed by atoms with Crippen LogP contribution in [0.5, 0.6) is 0 Å². The van der Waals surface area contributed by atoms with Crippen LogP contribution in [0.3, 0.4) is 0 Å². The zero-order valence-electron chi connectivity index (χ0n) is 18.1. The molecule has 160 valence electrons. The van der Waals surface area contributed by atoms with Crippen molar-refractivity contribution >= 4 is 6.19 Å². The predicted octanol–water partition coefficient (Wildman–Crippen LogP) is 0.767. The molecule has 0 N–H and O–H groups in total. The van der Waals surface area contributed by atoms with Crippen LogP contribution in [-0.4, -0.2) is 6.19 Å². The van der Waals surface area contributed by atoms with Crippen molar-refractivity contribution in [2.45, 2.75) is 24.9 Å². The van der Waals surface area contributed by atoms with Gasteiger partial charge in [-0.05, 0) is 11.8 Å². The predicted molar refractivity (Wildman–Crippen MR) is 124 cm³/mol. The number of fused-ring (bicyclic) bond motifs is 6. The molecule has 0 saturated heterocycles. The maximum Gasteiger partial charge on any atom is -0.0235 e. The van der Waals surface area contributed by atoms with Gasteiger partial charge in [-0.25, -0.2) is 0 Å². The normalized spacial score (nSPS) is 19.1. The van der Waals surface area contributed by atoms with Gasteiger partial charge in [0, 0.05) is 0 Å². The van der Waals surface area contributed by atoms with Gasteiger partial charge in [-0.3, -0.25) is 0 Å². The summed E-state index contributed by atoms with van der Waals surface area (Å²) in [5.74, 6) is 0.919. The van der Waals surface area contributed by atoms with Crippen LogP contribution in [0.1, 0.15) is 34.1 Å². The summed E-state index contributed by atoms with van der Waals surface area (Å²) < 4.78 is 0. The first-order valence-corrected chi connectivity index (χ1v) is 15.1. The van der Waals surface area contributed by atoms with Gasteiger partial charge in [0.2, 0.25) is 0 Å². The monoisotopic (exact) mass is 506 g/mol. The molecular weight excluding hydrogens is 483 g/mol.